The largest absolute Gasteiger partial charge is 0.390 e. The fourth-order valence-corrected chi connectivity index (χ4v) is 3.42. The van der Waals surface area contributed by atoms with E-state index in [9.17, 15) is 5.11 Å². The van der Waals surface area contributed by atoms with Gasteiger partial charge in [0.1, 0.15) is 5.82 Å². The van der Waals surface area contributed by atoms with Crippen LogP contribution in [0.1, 0.15) is 44.7 Å². The number of nitrogens with zero attached hydrogens (tertiary/aromatic N) is 2. The number of anilines is 1. The molecule has 0 aliphatic carbocycles. The minimum absolute atomic E-state index is 0.00245. The van der Waals surface area contributed by atoms with Crippen LogP contribution < -0.4 is 4.90 Å². The van der Waals surface area contributed by atoms with E-state index in [1.807, 2.05) is 12.1 Å². The van der Waals surface area contributed by atoms with Crippen LogP contribution in [-0.4, -0.2) is 22.7 Å². The first-order chi connectivity index (χ1) is 10.3. The second kappa shape index (κ2) is 6.44. The molecule has 21 heavy (non-hydrogen) atoms. The molecule has 1 N–H and O–H groups in total. The summed E-state index contributed by atoms with van der Waals surface area (Å²) in [5, 5.41) is 11.9. The summed E-state index contributed by atoms with van der Waals surface area (Å²) >= 11 is 0. The van der Waals surface area contributed by atoms with Crippen molar-refractivity contribution in [2.45, 2.75) is 51.7 Å². The van der Waals surface area contributed by atoms with Gasteiger partial charge in [-0.05, 0) is 30.7 Å². The average Bonchev–Trinajstić information content (AvgIpc) is 2.78. The quantitative estimate of drug-likeness (QED) is 0.929. The lowest BCUT2D eigenvalue weighted by Crippen LogP contribution is -2.35. The molecule has 0 saturated carbocycles. The van der Waals surface area contributed by atoms with Gasteiger partial charge in [0, 0.05) is 18.0 Å². The maximum atomic E-state index is 9.52. The van der Waals surface area contributed by atoms with Crippen LogP contribution in [0.25, 0.3) is 10.8 Å². The van der Waals surface area contributed by atoms with Crippen LogP contribution in [0.2, 0.25) is 0 Å². The Hall–Kier alpha value is -1.61. The number of aromatic nitrogens is 1. The summed E-state index contributed by atoms with van der Waals surface area (Å²) in [5.74, 6) is 1.06. The molecule has 1 aliphatic rings. The van der Waals surface area contributed by atoms with Crippen molar-refractivity contribution < 1.29 is 5.11 Å². The highest BCUT2D eigenvalue weighted by molar-refractivity contribution is 5.92. The van der Waals surface area contributed by atoms with E-state index in [0.29, 0.717) is 6.04 Å². The van der Waals surface area contributed by atoms with Gasteiger partial charge in [-0.15, -0.1) is 0 Å². The molecule has 1 atom stereocenters. The number of rotatable bonds is 3. The Morgan fingerprint density at radius 3 is 2.90 bits per heavy atom. The second-order valence-corrected chi connectivity index (χ2v) is 5.92. The molecular formula is C18H24N2O. The number of aliphatic hydroxyl groups is 1. The molecule has 1 fully saturated rings. The fourth-order valence-electron chi connectivity index (χ4n) is 3.42. The monoisotopic (exact) mass is 284 g/mol. The second-order valence-electron chi connectivity index (χ2n) is 5.92. The van der Waals surface area contributed by atoms with Crippen LogP contribution in [0.15, 0.2) is 30.3 Å². The minimum Gasteiger partial charge on any atom is -0.390 e. The average molecular weight is 284 g/mol. The first-order valence-corrected chi connectivity index (χ1v) is 8.09. The van der Waals surface area contributed by atoms with E-state index < -0.39 is 0 Å². The molecule has 3 rings (SSSR count). The Morgan fingerprint density at radius 1 is 1.24 bits per heavy atom. The van der Waals surface area contributed by atoms with Crippen molar-refractivity contribution in [3.8, 4) is 0 Å². The zero-order valence-corrected chi connectivity index (χ0v) is 12.8. The zero-order valence-electron chi connectivity index (χ0n) is 12.8. The molecule has 0 radical (unpaired) electrons. The lowest BCUT2D eigenvalue weighted by molar-refractivity contribution is 0.277. The van der Waals surface area contributed by atoms with Crippen molar-refractivity contribution in [1.29, 1.82) is 0 Å². The Labute approximate surface area is 126 Å². The molecule has 112 valence electrons. The van der Waals surface area contributed by atoms with Gasteiger partial charge in [-0.1, -0.05) is 44.0 Å². The standard InChI is InChI=1S/C18H24N2O/c1-2-16-9-4-3-7-11-20(16)18-17-10-6-5-8-14(17)12-15(13-21)19-18/h5-6,8,10,12,16,21H,2-4,7,9,11,13H2,1H3. The zero-order chi connectivity index (χ0) is 14.7. The topological polar surface area (TPSA) is 36.4 Å². The summed E-state index contributed by atoms with van der Waals surface area (Å²) in [6.45, 7) is 3.34. The molecule has 1 aromatic heterocycles. The van der Waals surface area contributed by atoms with Crippen molar-refractivity contribution in [2.24, 2.45) is 0 Å². The van der Waals surface area contributed by atoms with Gasteiger partial charge >= 0.3 is 0 Å². The van der Waals surface area contributed by atoms with Gasteiger partial charge in [0.05, 0.1) is 12.3 Å². The van der Waals surface area contributed by atoms with Crippen LogP contribution in [0, 0.1) is 0 Å². The number of hydrogen-bond acceptors (Lipinski definition) is 3. The van der Waals surface area contributed by atoms with Crippen molar-refractivity contribution in [3.05, 3.63) is 36.0 Å². The molecular weight excluding hydrogens is 260 g/mol. The molecule has 3 nitrogen and oxygen atoms in total. The predicted molar refractivity (Wildman–Crippen MR) is 87.6 cm³/mol. The Morgan fingerprint density at radius 2 is 2.10 bits per heavy atom. The maximum absolute atomic E-state index is 9.52. The van der Waals surface area contributed by atoms with Gasteiger partial charge in [0.15, 0.2) is 0 Å². The van der Waals surface area contributed by atoms with Gasteiger partial charge < -0.3 is 10.0 Å². The SMILES string of the molecule is CCC1CCCCCN1c1nc(CO)cc2ccccc12. The highest BCUT2D eigenvalue weighted by Crippen LogP contribution is 2.31. The molecule has 0 bridgehead atoms. The van der Waals surface area contributed by atoms with Crippen molar-refractivity contribution >= 4 is 16.6 Å². The van der Waals surface area contributed by atoms with Crippen LogP contribution >= 0.6 is 0 Å². The summed E-state index contributed by atoms with van der Waals surface area (Å²) in [6, 6.07) is 10.9. The van der Waals surface area contributed by atoms with Crippen LogP contribution in [0.5, 0.6) is 0 Å². The molecule has 0 amide bonds. The third-order valence-corrected chi connectivity index (χ3v) is 4.56. The first kappa shape index (κ1) is 14.3. The number of pyridine rings is 1. The normalized spacial score (nSPS) is 19.7. The van der Waals surface area contributed by atoms with E-state index in [1.165, 1.54) is 36.5 Å². The van der Waals surface area contributed by atoms with E-state index >= 15 is 0 Å². The van der Waals surface area contributed by atoms with E-state index in [0.717, 1.165) is 24.5 Å². The smallest absolute Gasteiger partial charge is 0.137 e. The Balaban J connectivity index is 2.12. The van der Waals surface area contributed by atoms with Crippen LogP contribution in [-0.2, 0) is 6.61 Å². The van der Waals surface area contributed by atoms with E-state index in [1.54, 1.807) is 0 Å². The summed E-state index contributed by atoms with van der Waals surface area (Å²) in [7, 11) is 0. The lowest BCUT2D eigenvalue weighted by Gasteiger charge is -2.31. The van der Waals surface area contributed by atoms with Crippen LogP contribution in [0.4, 0.5) is 5.82 Å². The molecule has 0 spiro atoms. The summed E-state index contributed by atoms with van der Waals surface area (Å²) in [4.78, 5) is 7.24. The number of hydrogen-bond donors (Lipinski definition) is 1. The predicted octanol–water partition coefficient (Wildman–Crippen LogP) is 3.89. The molecule has 1 aliphatic heterocycles. The highest BCUT2D eigenvalue weighted by Gasteiger charge is 2.22. The third kappa shape index (κ3) is 2.88. The summed E-state index contributed by atoms with van der Waals surface area (Å²) in [5.41, 5.74) is 0.766. The molecule has 1 saturated heterocycles. The lowest BCUT2D eigenvalue weighted by atomic mass is 10.1. The van der Waals surface area contributed by atoms with Crippen molar-refractivity contribution in [1.82, 2.24) is 4.98 Å². The maximum Gasteiger partial charge on any atom is 0.137 e. The van der Waals surface area contributed by atoms with E-state index in [2.05, 4.69) is 30.0 Å². The van der Waals surface area contributed by atoms with Gasteiger partial charge in [-0.2, -0.15) is 0 Å². The summed E-state index contributed by atoms with van der Waals surface area (Å²) < 4.78 is 0. The Bertz CT molecular complexity index is 611. The Kier molecular flexibility index (Phi) is 4.39. The molecule has 2 heterocycles. The van der Waals surface area contributed by atoms with Crippen molar-refractivity contribution in [3.63, 3.8) is 0 Å². The number of aliphatic hydroxyl groups excluding tert-OH is 1. The van der Waals surface area contributed by atoms with Crippen LogP contribution in [0.3, 0.4) is 0 Å². The van der Waals surface area contributed by atoms with Gasteiger partial charge in [-0.3, -0.25) is 0 Å². The van der Waals surface area contributed by atoms with Crippen molar-refractivity contribution in [2.75, 3.05) is 11.4 Å². The molecule has 1 unspecified atom stereocenters. The fraction of sp³-hybridized carbons (Fsp3) is 0.500. The van der Waals surface area contributed by atoms with E-state index in [-0.39, 0.29) is 6.61 Å². The van der Waals surface area contributed by atoms with E-state index in [4.69, 9.17) is 4.98 Å². The highest BCUT2D eigenvalue weighted by atomic mass is 16.3. The van der Waals surface area contributed by atoms with Gasteiger partial charge in [0.25, 0.3) is 0 Å². The minimum atomic E-state index is 0.00245. The molecule has 3 heteroatoms. The third-order valence-electron chi connectivity index (χ3n) is 4.56. The van der Waals surface area contributed by atoms with Gasteiger partial charge in [0.2, 0.25) is 0 Å². The number of benzene rings is 1. The molecule has 1 aromatic carbocycles. The van der Waals surface area contributed by atoms with Gasteiger partial charge in [-0.25, -0.2) is 4.98 Å². The first-order valence-electron chi connectivity index (χ1n) is 8.09. The molecule has 2 aromatic rings. The summed E-state index contributed by atoms with van der Waals surface area (Å²) in [6.07, 6.45) is 6.25. The number of fused-ring (bicyclic) bond motifs is 1.